The van der Waals surface area contributed by atoms with Gasteiger partial charge in [0.2, 0.25) is 0 Å². The van der Waals surface area contributed by atoms with E-state index < -0.39 is 0 Å². The van der Waals surface area contributed by atoms with Crippen LogP contribution in [-0.2, 0) is 12.8 Å². The van der Waals surface area contributed by atoms with Gasteiger partial charge in [0.15, 0.2) is 0 Å². The smallest absolute Gasteiger partial charge is 0.317 e. The van der Waals surface area contributed by atoms with E-state index >= 15 is 0 Å². The highest BCUT2D eigenvalue weighted by Gasteiger charge is 2.21. The third-order valence-electron chi connectivity index (χ3n) is 5.46. The zero-order valence-corrected chi connectivity index (χ0v) is 16.8. The molecule has 0 unspecified atom stereocenters. The molecule has 1 aliphatic heterocycles. The summed E-state index contributed by atoms with van der Waals surface area (Å²) in [5, 5.41) is 3.70. The summed E-state index contributed by atoms with van der Waals surface area (Å²) in [4.78, 5) is 16.5. The van der Waals surface area contributed by atoms with Gasteiger partial charge in [-0.2, -0.15) is 0 Å². The molecule has 1 aliphatic carbocycles. The van der Waals surface area contributed by atoms with Gasteiger partial charge in [-0.15, -0.1) is 0 Å². The number of benzene rings is 2. The van der Waals surface area contributed by atoms with Crippen LogP contribution in [0.1, 0.15) is 17.5 Å². The summed E-state index contributed by atoms with van der Waals surface area (Å²) in [7, 11) is 0. The predicted octanol–water partition coefficient (Wildman–Crippen LogP) is 3.74. The molecule has 4 rings (SSSR count). The predicted molar refractivity (Wildman–Crippen MR) is 113 cm³/mol. The fourth-order valence-electron chi connectivity index (χ4n) is 3.92. The molecule has 0 radical (unpaired) electrons. The number of carbonyl (C=O) groups excluding carboxylic acids is 1. The van der Waals surface area contributed by atoms with Crippen LogP contribution in [-0.4, -0.2) is 50.3 Å². The van der Waals surface area contributed by atoms with Gasteiger partial charge in [0.1, 0.15) is 12.4 Å². The van der Waals surface area contributed by atoms with Gasteiger partial charge in [-0.1, -0.05) is 23.7 Å². The lowest BCUT2D eigenvalue weighted by molar-refractivity contribution is 0.191. The molecule has 0 atom stereocenters. The Morgan fingerprint density at radius 3 is 2.68 bits per heavy atom. The maximum Gasteiger partial charge on any atom is 0.317 e. The minimum atomic E-state index is -0.0247. The van der Waals surface area contributed by atoms with Crippen LogP contribution < -0.4 is 15.0 Å². The standard InChI is InChI=1S/C22H26ClN3O2/c23-19-5-2-6-20(16-19)25-10-12-26(13-11-25)22(27)24-9-14-28-21-8-7-17-3-1-4-18(17)15-21/h2,5-8,15-16H,1,3-4,9-14H2,(H,24,27). The van der Waals surface area contributed by atoms with Gasteiger partial charge < -0.3 is 19.9 Å². The third kappa shape index (κ3) is 4.53. The van der Waals surface area contributed by atoms with Crippen molar-refractivity contribution < 1.29 is 9.53 Å². The van der Waals surface area contributed by atoms with Crippen molar-refractivity contribution in [3.63, 3.8) is 0 Å². The number of piperazine rings is 1. The zero-order valence-electron chi connectivity index (χ0n) is 16.0. The number of nitrogens with one attached hydrogen (secondary N) is 1. The van der Waals surface area contributed by atoms with Gasteiger partial charge in [0.05, 0.1) is 6.54 Å². The quantitative estimate of drug-likeness (QED) is 0.779. The molecule has 1 heterocycles. The molecule has 0 saturated carbocycles. The van der Waals surface area contributed by atoms with Gasteiger partial charge in [-0.3, -0.25) is 0 Å². The number of urea groups is 1. The first-order chi connectivity index (χ1) is 13.7. The van der Waals surface area contributed by atoms with Crippen molar-refractivity contribution in [2.75, 3.05) is 44.2 Å². The summed E-state index contributed by atoms with van der Waals surface area (Å²) in [5.41, 5.74) is 3.95. The summed E-state index contributed by atoms with van der Waals surface area (Å²) in [6, 6.07) is 14.2. The van der Waals surface area contributed by atoms with Crippen LogP contribution in [0.15, 0.2) is 42.5 Å². The van der Waals surface area contributed by atoms with Crippen LogP contribution in [0.5, 0.6) is 5.75 Å². The van der Waals surface area contributed by atoms with E-state index in [9.17, 15) is 4.79 Å². The molecule has 2 amide bonds. The third-order valence-corrected chi connectivity index (χ3v) is 5.69. The summed E-state index contributed by atoms with van der Waals surface area (Å²) >= 11 is 6.07. The number of aryl methyl sites for hydroxylation is 2. The molecule has 1 fully saturated rings. The van der Waals surface area contributed by atoms with Crippen LogP contribution in [0.3, 0.4) is 0 Å². The summed E-state index contributed by atoms with van der Waals surface area (Å²) < 4.78 is 5.80. The molecule has 5 nitrogen and oxygen atoms in total. The average molecular weight is 400 g/mol. The number of fused-ring (bicyclic) bond motifs is 1. The summed E-state index contributed by atoms with van der Waals surface area (Å²) in [6.45, 7) is 3.99. The van der Waals surface area contributed by atoms with Crippen molar-refractivity contribution >= 4 is 23.3 Å². The van der Waals surface area contributed by atoms with E-state index in [1.54, 1.807) is 0 Å². The Kier molecular flexibility index (Phi) is 5.91. The Hall–Kier alpha value is -2.40. The van der Waals surface area contributed by atoms with Gasteiger partial charge in [0, 0.05) is 36.9 Å². The van der Waals surface area contributed by atoms with E-state index in [2.05, 4.69) is 28.4 Å². The van der Waals surface area contributed by atoms with E-state index in [0.717, 1.165) is 36.0 Å². The van der Waals surface area contributed by atoms with Crippen molar-refractivity contribution in [2.45, 2.75) is 19.3 Å². The SMILES string of the molecule is O=C(NCCOc1ccc2c(c1)CCC2)N1CCN(c2cccc(Cl)c2)CC1. The topological polar surface area (TPSA) is 44.8 Å². The van der Waals surface area contributed by atoms with E-state index in [1.807, 2.05) is 29.2 Å². The second-order valence-electron chi connectivity index (χ2n) is 7.32. The molecule has 28 heavy (non-hydrogen) atoms. The monoisotopic (exact) mass is 399 g/mol. The molecule has 6 heteroatoms. The van der Waals surface area contributed by atoms with Gasteiger partial charge >= 0.3 is 6.03 Å². The molecular weight excluding hydrogens is 374 g/mol. The summed E-state index contributed by atoms with van der Waals surface area (Å²) in [5.74, 6) is 0.894. The first-order valence-electron chi connectivity index (χ1n) is 9.97. The lowest BCUT2D eigenvalue weighted by Gasteiger charge is -2.36. The van der Waals surface area contributed by atoms with Gasteiger partial charge in [-0.25, -0.2) is 4.79 Å². The first kappa shape index (κ1) is 18.9. The van der Waals surface area contributed by atoms with Gasteiger partial charge in [0.25, 0.3) is 0 Å². The van der Waals surface area contributed by atoms with E-state index in [0.29, 0.717) is 26.2 Å². The van der Waals surface area contributed by atoms with Crippen molar-refractivity contribution in [3.05, 3.63) is 58.6 Å². The van der Waals surface area contributed by atoms with Gasteiger partial charge in [-0.05, 0) is 60.7 Å². The Labute approximate surface area is 171 Å². The Morgan fingerprint density at radius 1 is 1.04 bits per heavy atom. The molecule has 2 aromatic carbocycles. The van der Waals surface area contributed by atoms with Crippen molar-refractivity contribution in [2.24, 2.45) is 0 Å². The normalized spacial score (nSPS) is 16.0. The lowest BCUT2D eigenvalue weighted by atomic mass is 10.1. The number of anilines is 1. The van der Waals surface area contributed by atoms with Crippen molar-refractivity contribution in [1.82, 2.24) is 10.2 Å². The molecule has 0 bridgehead atoms. The highest BCUT2D eigenvalue weighted by molar-refractivity contribution is 6.30. The fourth-order valence-corrected chi connectivity index (χ4v) is 4.10. The molecule has 1 N–H and O–H groups in total. The first-order valence-corrected chi connectivity index (χ1v) is 10.3. The second-order valence-corrected chi connectivity index (χ2v) is 7.75. The van der Waals surface area contributed by atoms with Crippen LogP contribution in [0.4, 0.5) is 10.5 Å². The Bertz CT molecular complexity index is 834. The highest BCUT2D eigenvalue weighted by atomic mass is 35.5. The second kappa shape index (κ2) is 8.74. The fraction of sp³-hybridized carbons (Fsp3) is 0.409. The van der Waals surface area contributed by atoms with E-state index in [4.69, 9.17) is 16.3 Å². The van der Waals surface area contributed by atoms with Crippen LogP contribution in [0, 0.1) is 0 Å². The molecule has 0 aromatic heterocycles. The van der Waals surface area contributed by atoms with E-state index in [-0.39, 0.29) is 6.03 Å². The molecule has 2 aliphatic rings. The number of nitrogens with zero attached hydrogens (tertiary/aromatic N) is 2. The van der Waals surface area contributed by atoms with Crippen molar-refractivity contribution in [1.29, 1.82) is 0 Å². The number of halogens is 1. The molecule has 148 valence electrons. The molecule has 0 spiro atoms. The van der Waals surface area contributed by atoms with E-state index in [1.165, 1.54) is 24.0 Å². The average Bonchev–Trinajstić information content (AvgIpc) is 3.19. The minimum Gasteiger partial charge on any atom is -0.492 e. The number of rotatable bonds is 5. The molecule has 1 saturated heterocycles. The largest absolute Gasteiger partial charge is 0.492 e. The Morgan fingerprint density at radius 2 is 1.86 bits per heavy atom. The number of hydrogen-bond donors (Lipinski definition) is 1. The van der Waals surface area contributed by atoms with Crippen molar-refractivity contribution in [3.8, 4) is 5.75 Å². The highest BCUT2D eigenvalue weighted by Crippen LogP contribution is 2.26. The maximum absolute atomic E-state index is 12.4. The minimum absolute atomic E-state index is 0.0247. The summed E-state index contributed by atoms with van der Waals surface area (Å²) in [6.07, 6.45) is 3.56. The lowest BCUT2D eigenvalue weighted by Crippen LogP contribution is -2.52. The Balaban J connectivity index is 1.18. The molecule has 2 aromatic rings. The van der Waals surface area contributed by atoms with Crippen LogP contribution in [0.2, 0.25) is 5.02 Å². The number of ether oxygens (including phenoxy) is 1. The van der Waals surface area contributed by atoms with Crippen LogP contribution >= 0.6 is 11.6 Å². The zero-order chi connectivity index (χ0) is 19.3. The number of hydrogen-bond acceptors (Lipinski definition) is 3. The number of carbonyl (C=O) groups is 1. The number of amides is 2. The maximum atomic E-state index is 12.4. The van der Waals surface area contributed by atoms with Crippen LogP contribution in [0.25, 0.3) is 0 Å². The molecular formula is C22H26ClN3O2.